The Labute approximate surface area is 188 Å². The number of carbonyl (C=O) groups excluding carboxylic acids is 1. The number of nitrogens with zero attached hydrogens (tertiary/aromatic N) is 1. The molecule has 0 radical (unpaired) electrons. The molecule has 0 fully saturated rings. The number of aliphatic carboxylic acids is 1. The highest BCUT2D eigenvalue weighted by atomic mass is 19.1. The number of amides is 1. The third kappa shape index (κ3) is 6.39. The van der Waals surface area contributed by atoms with Crippen molar-refractivity contribution in [3.63, 3.8) is 0 Å². The number of hydrogen-bond donors (Lipinski definition) is 5. The molecule has 172 valence electrons. The Morgan fingerprint density at radius 2 is 1.82 bits per heavy atom. The quantitative estimate of drug-likeness (QED) is 0.187. The lowest BCUT2D eigenvalue weighted by atomic mass is 10.0. The second kappa shape index (κ2) is 10.4. The number of halogens is 1. The van der Waals surface area contributed by atoms with E-state index in [2.05, 4.69) is 15.3 Å². The van der Waals surface area contributed by atoms with Crippen molar-refractivity contribution in [2.24, 2.45) is 16.5 Å². The van der Waals surface area contributed by atoms with E-state index in [4.69, 9.17) is 11.5 Å². The standard InChI is InChI=1S/C23H24FN5O4/c24-16-6-5-14-10-13(3-4-15(14)12-16)11-17-7-8-18(20(30)28-17)21(31)29-19(22(32)33)2-1-9-27-23(25)26/h3-8,10,12,19H,1-2,9,11H2,(H,28,30)(H,29,31)(H,32,33)(H4,25,26,27)/t19-/m0/s1. The number of carboxylic acid groups (broad SMARTS) is 1. The minimum atomic E-state index is -1.22. The van der Waals surface area contributed by atoms with Crippen molar-refractivity contribution < 1.29 is 19.1 Å². The summed E-state index contributed by atoms with van der Waals surface area (Å²) in [5.74, 6) is -2.43. The van der Waals surface area contributed by atoms with Gasteiger partial charge < -0.3 is 26.9 Å². The van der Waals surface area contributed by atoms with E-state index in [-0.39, 0.29) is 30.3 Å². The van der Waals surface area contributed by atoms with Gasteiger partial charge in [-0.3, -0.25) is 14.6 Å². The van der Waals surface area contributed by atoms with E-state index < -0.39 is 23.5 Å². The molecule has 7 N–H and O–H groups in total. The number of nitrogens with two attached hydrogens (primary N) is 2. The van der Waals surface area contributed by atoms with Crippen molar-refractivity contribution in [2.45, 2.75) is 25.3 Å². The highest BCUT2D eigenvalue weighted by Crippen LogP contribution is 2.19. The van der Waals surface area contributed by atoms with Crippen LogP contribution in [0.2, 0.25) is 0 Å². The lowest BCUT2D eigenvalue weighted by molar-refractivity contribution is -0.139. The van der Waals surface area contributed by atoms with E-state index in [0.717, 1.165) is 16.3 Å². The number of nitrogens with one attached hydrogen (secondary N) is 2. The van der Waals surface area contributed by atoms with Crippen LogP contribution in [0.15, 0.2) is 58.3 Å². The molecule has 0 bridgehead atoms. The molecule has 3 aromatic rings. The van der Waals surface area contributed by atoms with Crippen LogP contribution in [-0.4, -0.2) is 40.5 Å². The topological polar surface area (TPSA) is 164 Å². The van der Waals surface area contributed by atoms with E-state index >= 15 is 0 Å². The summed E-state index contributed by atoms with van der Waals surface area (Å²) in [7, 11) is 0. The first kappa shape index (κ1) is 23.5. The van der Waals surface area contributed by atoms with Crippen LogP contribution in [0, 0.1) is 5.82 Å². The van der Waals surface area contributed by atoms with Gasteiger partial charge in [-0.25, -0.2) is 9.18 Å². The number of carbonyl (C=O) groups is 2. The summed E-state index contributed by atoms with van der Waals surface area (Å²) < 4.78 is 13.3. The number of fused-ring (bicyclic) bond motifs is 1. The van der Waals surface area contributed by atoms with E-state index in [1.807, 2.05) is 12.1 Å². The van der Waals surface area contributed by atoms with Crippen LogP contribution < -0.4 is 22.3 Å². The first-order valence-electron chi connectivity index (χ1n) is 10.2. The molecule has 9 nitrogen and oxygen atoms in total. The maximum atomic E-state index is 13.3. The predicted octanol–water partition coefficient (Wildman–Crippen LogP) is 1.49. The summed E-state index contributed by atoms with van der Waals surface area (Å²) >= 11 is 0. The van der Waals surface area contributed by atoms with Crippen LogP contribution in [0.5, 0.6) is 0 Å². The number of hydrogen-bond acceptors (Lipinski definition) is 4. The van der Waals surface area contributed by atoms with Crippen molar-refractivity contribution in [1.82, 2.24) is 10.3 Å². The van der Waals surface area contributed by atoms with E-state index in [9.17, 15) is 23.9 Å². The molecule has 1 atom stereocenters. The molecule has 1 aromatic heterocycles. The van der Waals surface area contributed by atoms with Crippen molar-refractivity contribution in [3.05, 3.63) is 81.5 Å². The fourth-order valence-corrected chi connectivity index (χ4v) is 3.39. The molecular weight excluding hydrogens is 429 g/mol. The van der Waals surface area contributed by atoms with E-state index in [1.54, 1.807) is 18.2 Å². The van der Waals surface area contributed by atoms with Crippen LogP contribution in [0.3, 0.4) is 0 Å². The molecule has 1 amide bonds. The molecule has 0 unspecified atom stereocenters. The first-order valence-corrected chi connectivity index (χ1v) is 10.2. The van der Waals surface area contributed by atoms with Gasteiger partial charge >= 0.3 is 5.97 Å². The Kier molecular flexibility index (Phi) is 7.39. The number of H-pyrrole nitrogens is 1. The maximum Gasteiger partial charge on any atom is 0.326 e. The number of carboxylic acids is 1. The van der Waals surface area contributed by atoms with Gasteiger partial charge in [0.25, 0.3) is 11.5 Å². The number of aliphatic imine (C=N–C) groups is 1. The van der Waals surface area contributed by atoms with Crippen molar-refractivity contribution in [1.29, 1.82) is 0 Å². The zero-order valence-corrected chi connectivity index (χ0v) is 17.7. The van der Waals surface area contributed by atoms with Gasteiger partial charge in [0.2, 0.25) is 0 Å². The largest absolute Gasteiger partial charge is 0.480 e. The fraction of sp³-hybridized carbons (Fsp3) is 0.217. The zero-order valence-electron chi connectivity index (χ0n) is 17.7. The Morgan fingerprint density at radius 1 is 1.09 bits per heavy atom. The van der Waals surface area contributed by atoms with Crippen LogP contribution in [0.4, 0.5) is 4.39 Å². The third-order valence-corrected chi connectivity index (χ3v) is 5.02. The van der Waals surface area contributed by atoms with Crippen LogP contribution >= 0.6 is 0 Å². The molecule has 2 aromatic carbocycles. The minimum absolute atomic E-state index is 0.0969. The summed E-state index contributed by atoms with van der Waals surface area (Å²) in [6.07, 6.45) is 0.829. The van der Waals surface area contributed by atoms with Crippen molar-refractivity contribution in [2.75, 3.05) is 6.54 Å². The second-order valence-corrected chi connectivity index (χ2v) is 7.54. The molecule has 33 heavy (non-hydrogen) atoms. The molecule has 0 saturated carbocycles. The highest BCUT2D eigenvalue weighted by Gasteiger charge is 2.21. The van der Waals surface area contributed by atoms with Gasteiger partial charge in [-0.2, -0.15) is 0 Å². The van der Waals surface area contributed by atoms with Gasteiger partial charge in [0.05, 0.1) is 0 Å². The molecule has 0 aliphatic heterocycles. The van der Waals surface area contributed by atoms with Gasteiger partial charge in [0.1, 0.15) is 17.4 Å². The van der Waals surface area contributed by atoms with Gasteiger partial charge in [0.15, 0.2) is 5.96 Å². The Balaban J connectivity index is 1.68. The number of benzene rings is 2. The smallest absolute Gasteiger partial charge is 0.326 e. The number of pyridine rings is 1. The normalized spacial score (nSPS) is 11.7. The molecule has 0 spiro atoms. The molecule has 0 aliphatic rings. The summed E-state index contributed by atoms with van der Waals surface area (Å²) in [4.78, 5) is 42.8. The van der Waals surface area contributed by atoms with Crippen LogP contribution in [0.25, 0.3) is 10.8 Å². The minimum Gasteiger partial charge on any atom is -0.480 e. The average Bonchev–Trinajstić information content (AvgIpc) is 2.75. The highest BCUT2D eigenvalue weighted by molar-refractivity contribution is 5.96. The van der Waals surface area contributed by atoms with Gasteiger partial charge in [-0.15, -0.1) is 0 Å². The maximum absolute atomic E-state index is 13.3. The SMILES string of the molecule is NC(N)=NCCC[C@H](NC(=O)c1ccc(Cc2ccc3cc(F)ccc3c2)[nH]c1=O)C(=O)O. The zero-order chi connectivity index (χ0) is 24.0. The molecule has 10 heteroatoms. The number of aromatic nitrogens is 1. The number of guanidine groups is 1. The first-order chi connectivity index (χ1) is 15.7. The fourth-order valence-electron chi connectivity index (χ4n) is 3.39. The van der Waals surface area contributed by atoms with E-state index in [1.165, 1.54) is 18.2 Å². The van der Waals surface area contributed by atoms with Crippen LogP contribution in [-0.2, 0) is 11.2 Å². The van der Waals surface area contributed by atoms with E-state index in [0.29, 0.717) is 18.5 Å². The van der Waals surface area contributed by atoms with Gasteiger partial charge in [0, 0.05) is 18.7 Å². The van der Waals surface area contributed by atoms with Crippen molar-refractivity contribution >= 4 is 28.6 Å². The molecule has 3 rings (SSSR count). The summed E-state index contributed by atoms with van der Waals surface area (Å²) in [5, 5.41) is 13.3. The van der Waals surface area contributed by atoms with Gasteiger partial charge in [-0.1, -0.05) is 24.3 Å². The number of aromatic amines is 1. The summed E-state index contributed by atoms with van der Waals surface area (Å²) in [6, 6.07) is 11.8. The molecular formula is C23H24FN5O4. The van der Waals surface area contributed by atoms with Crippen LogP contribution in [0.1, 0.15) is 34.5 Å². The predicted molar refractivity (Wildman–Crippen MR) is 123 cm³/mol. The monoisotopic (exact) mass is 453 g/mol. The summed E-state index contributed by atoms with van der Waals surface area (Å²) in [6.45, 7) is 0.223. The Morgan fingerprint density at radius 3 is 2.52 bits per heavy atom. The Bertz CT molecular complexity index is 1270. The lowest BCUT2D eigenvalue weighted by Crippen LogP contribution is -2.42. The molecule has 0 saturated heterocycles. The number of rotatable bonds is 9. The molecule has 1 heterocycles. The second-order valence-electron chi connectivity index (χ2n) is 7.54. The third-order valence-electron chi connectivity index (χ3n) is 5.02. The van der Waals surface area contributed by atoms with Crippen molar-refractivity contribution in [3.8, 4) is 0 Å². The van der Waals surface area contributed by atoms with Gasteiger partial charge in [-0.05, 0) is 53.4 Å². The lowest BCUT2D eigenvalue weighted by Gasteiger charge is -2.14. The molecule has 0 aliphatic carbocycles. The average molecular weight is 453 g/mol. The Hall–Kier alpha value is -4.21. The summed E-state index contributed by atoms with van der Waals surface area (Å²) in [5.41, 5.74) is 11.1.